The maximum Gasteiger partial charge on any atom is 0.191 e. The Morgan fingerprint density at radius 3 is 2.69 bits per heavy atom. The van der Waals surface area contributed by atoms with Gasteiger partial charge in [-0.2, -0.15) is 11.8 Å². The zero-order valence-corrected chi connectivity index (χ0v) is 19.3. The van der Waals surface area contributed by atoms with Crippen LogP contribution >= 0.6 is 47.1 Å². The fourth-order valence-corrected chi connectivity index (χ4v) is 3.84. The molecule has 0 saturated heterocycles. The molecular weight excluding hydrogens is 482 g/mol. The molecule has 144 valence electrons. The van der Waals surface area contributed by atoms with Crippen molar-refractivity contribution in [1.29, 1.82) is 0 Å². The summed E-state index contributed by atoms with van der Waals surface area (Å²) >= 11 is 3.40. The van der Waals surface area contributed by atoms with Crippen molar-refractivity contribution >= 4 is 53.0 Å². The molecule has 0 unspecified atom stereocenters. The second kappa shape index (κ2) is 12.5. The summed E-state index contributed by atoms with van der Waals surface area (Å²) in [6, 6.07) is 6.93. The Hall–Kier alpha value is -0.870. The van der Waals surface area contributed by atoms with Gasteiger partial charge in [-0.15, -0.1) is 35.3 Å². The number of rotatable bonds is 8. The third kappa shape index (κ3) is 7.79. The predicted octanol–water partition coefficient (Wildman–Crippen LogP) is 4.51. The number of hydrogen-bond acceptors (Lipinski definition) is 4. The molecule has 8 heteroatoms. The van der Waals surface area contributed by atoms with E-state index in [1.54, 1.807) is 29.2 Å². The second-order valence-electron chi connectivity index (χ2n) is 5.52. The summed E-state index contributed by atoms with van der Waals surface area (Å²) in [6.07, 6.45) is 0. The van der Waals surface area contributed by atoms with Crippen molar-refractivity contribution < 1.29 is 4.39 Å². The van der Waals surface area contributed by atoms with Crippen LogP contribution in [0.15, 0.2) is 29.3 Å². The topological polar surface area (TPSA) is 49.3 Å². The van der Waals surface area contributed by atoms with E-state index in [4.69, 9.17) is 0 Å². The molecule has 0 aliphatic rings. The van der Waals surface area contributed by atoms with Gasteiger partial charge in [0.05, 0.1) is 12.2 Å². The summed E-state index contributed by atoms with van der Waals surface area (Å²) in [7, 11) is 0. The summed E-state index contributed by atoms with van der Waals surface area (Å²) in [4.78, 5) is 10.3. The number of aliphatic imine (C=N–C) groups is 1. The average Bonchev–Trinajstić information content (AvgIpc) is 2.92. The SMILES string of the molecule is CCNC(=NCc1nc(C)c(C)s1)NCCSCc1ccccc1F.I. The van der Waals surface area contributed by atoms with E-state index in [2.05, 4.69) is 27.5 Å². The molecule has 0 aliphatic heterocycles. The Morgan fingerprint density at radius 1 is 1.27 bits per heavy atom. The molecule has 0 bridgehead atoms. The van der Waals surface area contributed by atoms with E-state index in [9.17, 15) is 4.39 Å². The van der Waals surface area contributed by atoms with Gasteiger partial charge in [0.15, 0.2) is 5.96 Å². The van der Waals surface area contributed by atoms with E-state index in [0.29, 0.717) is 12.3 Å². The minimum atomic E-state index is -0.133. The molecule has 4 nitrogen and oxygen atoms in total. The van der Waals surface area contributed by atoms with Crippen molar-refractivity contribution in [3.63, 3.8) is 0 Å². The first kappa shape index (κ1) is 23.2. The van der Waals surface area contributed by atoms with E-state index < -0.39 is 0 Å². The number of nitrogens with one attached hydrogen (secondary N) is 2. The van der Waals surface area contributed by atoms with Gasteiger partial charge in [0.25, 0.3) is 0 Å². The second-order valence-corrected chi connectivity index (χ2v) is 7.91. The van der Waals surface area contributed by atoms with Gasteiger partial charge in [-0.25, -0.2) is 14.4 Å². The van der Waals surface area contributed by atoms with Crippen molar-refractivity contribution in [2.24, 2.45) is 4.99 Å². The maximum absolute atomic E-state index is 13.6. The van der Waals surface area contributed by atoms with E-state index >= 15 is 0 Å². The van der Waals surface area contributed by atoms with Gasteiger partial charge in [0.1, 0.15) is 10.8 Å². The first-order chi connectivity index (χ1) is 12.1. The Kier molecular flexibility index (Phi) is 11.1. The van der Waals surface area contributed by atoms with Crippen LogP contribution in [0.2, 0.25) is 0 Å². The number of thiazole rings is 1. The monoisotopic (exact) mass is 508 g/mol. The van der Waals surface area contributed by atoms with Gasteiger partial charge in [0, 0.05) is 29.5 Å². The predicted molar refractivity (Wildman–Crippen MR) is 122 cm³/mol. The van der Waals surface area contributed by atoms with Gasteiger partial charge in [0.2, 0.25) is 0 Å². The molecule has 0 saturated carbocycles. The molecule has 2 aromatic rings. The number of nitrogens with zero attached hydrogens (tertiary/aromatic N) is 2. The van der Waals surface area contributed by atoms with Crippen molar-refractivity contribution in [2.45, 2.75) is 33.1 Å². The Balaban J connectivity index is 0.00000338. The van der Waals surface area contributed by atoms with Crippen LogP contribution in [-0.4, -0.2) is 29.8 Å². The van der Waals surface area contributed by atoms with Crippen LogP contribution in [0.25, 0.3) is 0 Å². The maximum atomic E-state index is 13.6. The summed E-state index contributed by atoms with van der Waals surface area (Å²) < 4.78 is 13.6. The highest BCUT2D eigenvalue weighted by atomic mass is 127. The molecule has 1 aromatic carbocycles. The largest absolute Gasteiger partial charge is 0.357 e. The molecule has 0 aliphatic carbocycles. The third-order valence-corrected chi connectivity index (χ3v) is 5.61. The molecular formula is C18H26FIN4S2. The fraction of sp³-hybridized carbons (Fsp3) is 0.444. The quantitative estimate of drug-likeness (QED) is 0.239. The first-order valence-corrected chi connectivity index (χ1v) is 10.3. The molecule has 2 N–H and O–H groups in total. The van der Waals surface area contributed by atoms with E-state index in [1.807, 2.05) is 26.0 Å². The molecule has 1 aromatic heterocycles. The molecule has 0 amide bonds. The fourth-order valence-electron chi connectivity index (χ4n) is 2.13. The zero-order valence-electron chi connectivity index (χ0n) is 15.3. The van der Waals surface area contributed by atoms with Crippen molar-refractivity contribution in [1.82, 2.24) is 15.6 Å². The van der Waals surface area contributed by atoms with Gasteiger partial charge in [-0.05, 0) is 32.4 Å². The van der Waals surface area contributed by atoms with E-state index in [1.165, 1.54) is 10.9 Å². The molecule has 0 atom stereocenters. The van der Waals surface area contributed by atoms with E-state index in [0.717, 1.165) is 41.1 Å². The minimum absolute atomic E-state index is 0. The van der Waals surface area contributed by atoms with Gasteiger partial charge < -0.3 is 10.6 Å². The summed E-state index contributed by atoms with van der Waals surface area (Å²) in [5.74, 6) is 2.22. The lowest BCUT2D eigenvalue weighted by atomic mass is 10.2. The lowest BCUT2D eigenvalue weighted by Gasteiger charge is -2.11. The van der Waals surface area contributed by atoms with Crippen LogP contribution in [0.5, 0.6) is 0 Å². The van der Waals surface area contributed by atoms with Crippen LogP contribution in [-0.2, 0) is 12.3 Å². The lowest BCUT2D eigenvalue weighted by Crippen LogP contribution is -2.38. The number of benzene rings is 1. The number of aryl methyl sites for hydroxylation is 2. The first-order valence-electron chi connectivity index (χ1n) is 8.36. The molecule has 0 radical (unpaired) electrons. The summed E-state index contributed by atoms with van der Waals surface area (Å²) in [5.41, 5.74) is 1.83. The van der Waals surface area contributed by atoms with Crippen LogP contribution in [0, 0.1) is 19.7 Å². The number of halogens is 2. The van der Waals surface area contributed by atoms with Gasteiger partial charge >= 0.3 is 0 Å². The summed E-state index contributed by atoms with van der Waals surface area (Å²) in [6.45, 7) is 8.32. The third-order valence-electron chi connectivity index (χ3n) is 3.54. The summed E-state index contributed by atoms with van der Waals surface area (Å²) in [5, 5.41) is 7.58. The van der Waals surface area contributed by atoms with Crippen LogP contribution in [0.3, 0.4) is 0 Å². The lowest BCUT2D eigenvalue weighted by molar-refractivity contribution is 0.617. The standard InChI is InChI=1S/C18H25FN4S2.HI/c1-4-20-18(22-11-17-23-13(2)14(3)25-17)21-9-10-24-12-15-7-5-6-8-16(15)19;/h5-8H,4,9-12H2,1-3H3,(H2,20,21,22);1H. The van der Waals surface area contributed by atoms with Crippen molar-refractivity contribution in [3.05, 3.63) is 51.2 Å². The average molecular weight is 508 g/mol. The number of guanidine groups is 1. The highest BCUT2D eigenvalue weighted by Gasteiger charge is 2.04. The Labute approximate surface area is 180 Å². The number of thioether (sulfide) groups is 1. The highest BCUT2D eigenvalue weighted by Crippen LogP contribution is 2.17. The molecule has 1 heterocycles. The van der Waals surface area contributed by atoms with Gasteiger partial charge in [-0.1, -0.05) is 18.2 Å². The van der Waals surface area contributed by atoms with Crippen LogP contribution in [0.4, 0.5) is 4.39 Å². The number of aromatic nitrogens is 1. The Morgan fingerprint density at radius 2 is 2.04 bits per heavy atom. The molecule has 26 heavy (non-hydrogen) atoms. The Bertz CT molecular complexity index is 687. The normalized spacial score (nSPS) is 11.2. The van der Waals surface area contributed by atoms with Crippen molar-refractivity contribution in [3.8, 4) is 0 Å². The highest BCUT2D eigenvalue weighted by molar-refractivity contribution is 14.0. The van der Waals surface area contributed by atoms with Gasteiger partial charge in [-0.3, -0.25) is 0 Å². The smallest absolute Gasteiger partial charge is 0.191 e. The zero-order chi connectivity index (χ0) is 18.1. The van der Waals surface area contributed by atoms with Crippen molar-refractivity contribution in [2.75, 3.05) is 18.8 Å². The van der Waals surface area contributed by atoms with Crippen LogP contribution in [0.1, 0.15) is 28.1 Å². The minimum Gasteiger partial charge on any atom is -0.357 e. The number of hydrogen-bond donors (Lipinski definition) is 2. The molecule has 0 spiro atoms. The van der Waals surface area contributed by atoms with Crippen LogP contribution < -0.4 is 10.6 Å². The molecule has 0 fully saturated rings. The van der Waals surface area contributed by atoms with E-state index in [-0.39, 0.29) is 29.8 Å². The molecule has 2 rings (SSSR count).